The standard InChI is InChI=1S/C14H19FN2O3/c1-7(2)17-13(18)9(4)20-14(19)10-5-11(15)8(3)12(16)6-10/h5-7,9H,16H2,1-4H3,(H,17,18). The number of amides is 1. The first-order valence-corrected chi connectivity index (χ1v) is 6.29. The van der Waals surface area contributed by atoms with Gasteiger partial charge in [0.15, 0.2) is 6.10 Å². The van der Waals surface area contributed by atoms with Gasteiger partial charge in [-0.1, -0.05) is 0 Å². The second-order valence-electron chi connectivity index (χ2n) is 4.88. The van der Waals surface area contributed by atoms with Crippen molar-refractivity contribution in [2.45, 2.75) is 39.8 Å². The molecule has 110 valence electrons. The number of nitrogen functional groups attached to an aromatic ring is 1. The summed E-state index contributed by atoms with van der Waals surface area (Å²) in [5.74, 6) is -1.79. The van der Waals surface area contributed by atoms with Crippen molar-refractivity contribution < 1.29 is 18.7 Å². The fourth-order valence-corrected chi connectivity index (χ4v) is 1.50. The number of halogens is 1. The van der Waals surface area contributed by atoms with Crippen LogP contribution in [0, 0.1) is 12.7 Å². The van der Waals surface area contributed by atoms with Gasteiger partial charge in [-0.3, -0.25) is 4.79 Å². The van der Waals surface area contributed by atoms with Gasteiger partial charge in [0.05, 0.1) is 5.56 Å². The largest absolute Gasteiger partial charge is 0.449 e. The predicted molar refractivity (Wildman–Crippen MR) is 73.7 cm³/mol. The van der Waals surface area contributed by atoms with E-state index in [9.17, 15) is 14.0 Å². The number of nitrogens with one attached hydrogen (secondary N) is 1. The highest BCUT2D eigenvalue weighted by atomic mass is 19.1. The zero-order valence-corrected chi connectivity index (χ0v) is 12.0. The van der Waals surface area contributed by atoms with Crippen molar-refractivity contribution in [2.24, 2.45) is 0 Å². The number of hydrogen-bond acceptors (Lipinski definition) is 4. The molecule has 0 saturated carbocycles. The van der Waals surface area contributed by atoms with E-state index in [2.05, 4.69) is 5.32 Å². The molecular formula is C14H19FN2O3. The Bertz CT molecular complexity index is 506. The molecule has 0 heterocycles. The third-order valence-corrected chi connectivity index (χ3v) is 2.70. The summed E-state index contributed by atoms with van der Waals surface area (Å²) in [5, 5.41) is 2.62. The highest BCUT2D eigenvalue weighted by Crippen LogP contribution is 2.18. The fourth-order valence-electron chi connectivity index (χ4n) is 1.50. The van der Waals surface area contributed by atoms with Crippen molar-refractivity contribution in [3.8, 4) is 0 Å². The monoisotopic (exact) mass is 282 g/mol. The van der Waals surface area contributed by atoms with Crippen LogP contribution in [0.1, 0.15) is 36.7 Å². The van der Waals surface area contributed by atoms with Crippen molar-refractivity contribution in [3.63, 3.8) is 0 Å². The minimum atomic E-state index is -0.963. The summed E-state index contributed by atoms with van der Waals surface area (Å²) in [6.07, 6.45) is -0.963. The van der Waals surface area contributed by atoms with Gasteiger partial charge >= 0.3 is 5.97 Å². The highest BCUT2D eigenvalue weighted by molar-refractivity contribution is 5.93. The number of esters is 1. The van der Waals surface area contributed by atoms with Crippen LogP contribution in [-0.4, -0.2) is 24.0 Å². The molecule has 0 saturated heterocycles. The lowest BCUT2D eigenvalue weighted by Gasteiger charge is -2.15. The van der Waals surface area contributed by atoms with Gasteiger partial charge < -0.3 is 15.8 Å². The first-order chi connectivity index (χ1) is 9.22. The van der Waals surface area contributed by atoms with Gasteiger partial charge in [0.1, 0.15) is 5.82 Å². The minimum Gasteiger partial charge on any atom is -0.449 e. The van der Waals surface area contributed by atoms with Crippen molar-refractivity contribution >= 4 is 17.6 Å². The summed E-state index contributed by atoms with van der Waals surface area (Å²) >= 11 is 0. The number of anilines is 1. The molecule has 1 atom stereocenters. The molecule has 0 fully saturated rings. The van der Waals surface area contributed by atoms with E-state index in [1.165, 1.54) is 19.9 Å². The van der Waals surface area contributed by atoms with Crippen molar-refractivity contribution in [2.75, 3.05) is 5.73 Å². The molecule has 0 aliphatic rings. The first kappa shape index (κ1) is 15.9. The molecule has 1 aromatic carbocycles. The summed E-state index contributed by atoms with van der Waals surface area (Å²) < 4.78 is 18.5. The molecule has 1 rings (SSSR count). The number of hydrogen-bond donors (Lipinski definition) is 2. The molecule has 0 bridgehead atoms. The van der Waals surface area contributed by atoms with Gasteiger partial charge in [0.2, 0.25) is 0 Å². The summed E-state index contributed by atoms with van der Waals surface area (Å²) in [7, 11) is 0. The molecule has 0 spiro atoms. The Morgan fingerprint density at radius 1 is 1.30 bits per heavy atom. The average Bonchev–Trinajstić information content (AvgIpc) is 2.34. The maximum atomic E-state index is 13.5. The number of nitrogens with two attached hydrogens (primary N) is 1. The van der Waals surface area contributed by atoms with Crippen LogP contribution in [0.4, 0.5) is 10.1 Å². The summed E-state index contributed by atoms with van der Waals surface area (Å²) in [4.78, 5) is 23.5. The number of ether oxygens (including phenoxy) is 1. The maximum Gasteiger partial charge on any atom is 0.339 e. The minimum absolute atomic E-state index is 0.0187. The first-order valence-electron chi connectivity index (χ1n) is 6.29. The van der Waals surface area contributed by atoms with Gasteiger partial charge in [-0.2, -0.15) is 0 Å². The zero-order valence-electron chi connectivity index (χ0n) is 12.0. The van der Waals surface area contributed by atoms with Crippen LogP contribution < -0.4 is 11.1 Å². The van der Waals surface area contributed by atoms with Gasteiger partial charge in [-0.25, -0.2) is 9.18 Å². The topological polar surface area (TPSA) is 81.4 Å². The number of benzene rings is 1. The van der Waals surface area contributed by atoms with E-state index in [0.717, 1.165) is 6.07 Å². The lowest BCUT2D eigenvalue weighted by Crippen LogP contribution is -2.39. The maximum absolute atomic E-state index is 13.5. The molecule has 0 radical (unpaired) electrons. The molecule has 5 nitrogen and oxygen atoms in total. The van der Waals surface area contributed by atoms with Crippen molar-refractivity contribution in [1.82, 2.24) is 5.32 Å². The molecule has 0 aliphatic heterocycles. The lowest BCUT2D eigenvalue weighted by molar-refractivity contribution is -0.129. The van der Waals surface area contributed by atoms with E-state index in [0.29, 0.717) is 0 Å². The molecule has 0 aromatic heterocycles. The fraction of sp³-hybridized carbons (Fsp3) is 0.429. The van der Waals surface area contributed by atoms with E-state index in [1.807, 2.05) is 0 Å². The quantitative estimate of drug-likeness (QED) is 0.651. The van der Waals surface area contributed by atoms with E-state index in [-0.39, 0.29) is 22.9 Å². The average molecular weight is 282 g/mol. The van der Waals surface area contributed by atoms with Crippen LogP contribution >= 0.6 is 0 Å². The van der Waals surface area contributed by atoms with Gasteiger partial charge in [0, 0.05) is 17.3 Å². The molecule has 6 heteroatoms. The van der Waals surface area contributed by atoms with Gasteiger partial charge in [-0.15, -0.1) is 0 Å². The molecule has 3 N–H and O–H groups in total. The lowest BCUT2D eigenvalue weighted by atomic mass is 10.1. The van der Waals surface area contributed by atoms with Crippen LogP contribution in [0.5, 0.6) is 0 Å². The smallest absolute Gasteiger partial charge is 0.339 e. The molecule has 1 aromatic rings. The van der Waals surface area contributed by atoms with Crippen LogP contribution in [0.15, 0.2) is 12.1 Å². The molecular weight excluding hydrogens is 263 g/mol. The van der Waals surface area contributed by atoms with E-state index < -0.39 is 23.8 Å². The Morgan fingerprint density at radius 3 is 2.40 bits per heavy atom. The van der Waals surface area contributed by atoms with E-state index in [4.69, 9.17) is 10.5 Å². The van der Waals surface area contributed by atoms with Gasteiger partial charge in [0.25, 0.3) is 5.91 Å². The third kappa shape index (κ3) is 3.94. The predicted octanol–water partition coefficient (Wildman–Crippen LogP) is 1.79. The highest BCUT2D eigenvalue weighted by Gasteiger charge is 2.20. The zero-order chi connectivity index (χ0) is 15.4. The van der Waals surface area contributed by atoms with Crippen LogP contribution in [0.3, 0.4) is 0 Å². The molecule has 20 heavy (non-hydrogen) atoms. The summed E-state index contributed by atoms with van der Waals surface area (Å²) in [5.41, 5.74) is 6.00. The second kappa shape index (κ2) is 6.36. The Balaban J connectivity index is 2.79. The normalized spacial score (nSPS) is 12.1. The second-order valence-corrected chi connectivity index (χ2v) is 4.88. The van der Waals surface area contributed by atoms with Crippen LogP contribution in [-0.2, 0) is 9.53 Å². The van der Waals surface area contributed by atoms with E-state index >= 15 is 0 Å². The molecule has 0 aliphatic carbocycles. The van der Waals surface area contributed by atoms with Crippen molar-refractivity contribution in [1.29, 1.82) is 0 Å². The number of rotatable bonds is 4. The molecule has 1 amide bonds. The summed E-state index contributed by atoms with van der Waals surface area (Å²) in [6.45, 7) is 6.55. The number of carbonyl (C=O) groups is 2. The molecule has 1 unspecified atom stereocenters. The van der Waals surface area contributed by atoms with E-state index in [1.54, 1.807) is 13.8 Å². The SMILES string of the molecule is Cc1c(N)cc(C(=O)OC(C)C(=O)NC(C)C)cc1F. The van der Waals surface area contributed by atoms with Crippen LogP contribution in [0.2, 0.25) is 0 Å². The van der Waals surface area contributed by atoms with Crippen LogP contribution in [0.25, 0.3) is 0 Å². The Labute approximate surface area is 117 Å². The third-order valence-electron chi connectivity index (χ3n) is 2.70. The van der Waals surface area contributed by atoms with Gasteiger partial charge in [-0.05, 0) is 39.8 Å². The number of carbonyl (C=O) groups excluding carboxylic acids is 2. The van der Waals surface area contributed by atoms with Crippen molar-refractivity contribution in [3.05, 3.63) is 29.1 Å². The Hall–Kier alpha value is -2.11. The Kier molecular flexibility index (Phi) is 5.07. The Morgan fingerprint density at radius 2 is 1.90 bits per heavy atom. The summed E-state index contributed by atoms with van der Waals surface area (Å²) in [6, 6.07) is 2.31.